The van der Waals surface area contributed by atoms with Gasteiger partial charge in [-0.05, 0) is 47.0 Å². The first-order valence-corrected chi connectivity index (χ1v) is 7.30. The summed E-state index contributed by atoms with van der Waals surface area (Å²) in [4.78, 5) is 12.8. The highest BCUT2D eigenvalue weighted by Crippen LogP contribution is 2.27. The summed E-state index contributed by atoms with van der Waals surface area (Å²) in [5, 5.41) is 3.00. The Labute approximate surface area is 119 Å². The molecule has 0 aliphatic heterocycles. The Morgan fingerprint density at radius 2 is 2.00 bits per heavy atom. The van der Waals surface area contributed by atoms with Gasteiger partial charge in [0.25, 0.3) is 5.91 Å². The number of carbonyl (C=O) groups is 1. The highest BCUT2D eigenvalue weighted by atomic mass is 79.9. The molecule has 2 rings (SSSR count). The molecule has 0 aliphatic carbocycles. The molecule has 0 saturated carbocycles. The van der Waals surface area contributed by atoms with Gasteiger partial charge in [0.15, 0.2) is 0 Å². The second-order valence-electron chi connectivity index (χ2n) is 4.17. The number of hydrogen-bond donors (Lipinski definition) is 1. The van der Waals surface area contributed by atoms with Crippen LogP contribution in [0.1, 0.15) is 33.8 Å². The molecule has 0 radical (unpaired) electrons. The second kappa shape index (κ2) is 5.67. The van der Waals surface area contributed by atoms with Gasteiger partial charge in [-0.15, -0.1) is 11.3 Å². The van der Waals surface area contributed by atoms with E-state index in [1.54, 1.807) is 0 Å². The molecule has 1 aromatic carbocycles. The fourth-order valence-electron chi connectivity index (χ4n) is 1.66. The van der Waals surface area contributed by atoms with Gasteiger partial charge in [0.2, 0.25) is 0 Å². The first-order chi connectivity index (χ1) is 8.58. The Kier molecular flexibility index (Phi) is 4.19. The van der Waals surface area contributed by atoms with Crippen molar-refractivity contribution in [3.05, 3.63) is 56.2 Å². The zero-order valence-electron chi connectivity index (χ0n) is 10.2. The lowest BCUT2D eigenvalue weighted by Crippen LogP contribution is -2.25. The normalized spacial score (nSPS) is 12.2. The highest BCUT2D eigenvalue weighted by Gasteiger charge is 2.14. The van der Waals surface area contributed by atoms with Crippen LogP contribution in [0.2, 0.25) is 0 Å². The lowest BCUT2D eigenvalue weighted by molar-refractivity contribution is 0.0944. The molecule has 1 aromatic heterocycles. The third kappa shape index (κ3) is 3.00. The molecule has 0 fully saturated rings. The van der Waals surface area contributed by atoms with Crippen LogP contribution >= 0.6 is 27.3 Å². The summed E-state index contributed by atoms with van der Waals surface area (Å²) in [7, 11) is 0. The minimum Gasteiger partial charge on any atom is -0.345 e. The maximum atomic E-state index is 12.1. The number of carbonyl (C=O) groups excluding carboxylic acids is 1. The summed E-state index contributed by atoms with van der Waals surface area (Å²) in [6, 6.07) is 11.9. The molecule has 1 amide bonds. The number of amides is 1. The van der Waals surface area contributed by atoms with E-state index in [0.717, 1.165) is 19.8 Å². The van der Waals surface area contributed by atoms with E-state index in [4.69, 9.17) is 0 Å². The van der Waals surface area contributed by atoms with E-state index in [1.807, 2.05) is 50.2 Å². The summed E-state index contributed by atoms with van der Waals surface area (Å²) in [6.45, 7) is 3.97. The highest BCUT2D eigenvalue weighted by molar-refractivity contribution is 9.11. The van der Waals surface area contributed by atoms with E-state index < -0.39 is 0 Å². The Morgan fingerprint density at radius 3 is 2.56 bits per heavy atom. The van der Waals surface area contributed by atoms with Crippen molar-refractivity contribution in [2.45, 2.75) is 19.9 Å². The van der Waals surface area contributed by atoms with Gasteiger partial charge in [0, 0.05) is 0 Å². The van der Waals surface area contributed by atoms with Crippen molar-refractivity contribution in [1.29, 1.82) is 0 Å². The SMILES string of the molecule is Cc1cc(C(=O)NC(C)c2ccccc2)sc1Br. The van der Waals surface area contributed by atoms with Crippen molar-refractivity contribution in [3.63, 3.8) is 0 Å². The van der Waals surface area contributed by atoms with Crippen molar-refractivity contribution in [3.8, 4) is 0 Å². The van der Waals surface area contributed by atoms with E-state index >= 15 is 0 Å². The third-order valence-corrected chi connectivity index (χ3v) is 4.86. The van der Waals surface area contributed by atoms with Crippen molar-refractivity contribution < 1.29 is 4.79 Å². The molecule has 1 heterocycles. The molecule has 0 aliphatic rings. The quantitative estimate of drug-likeness (QED) is 0.895. The van der Waals surface area contributed by atoms with Crippen LogP contribution in [0.25, 0.3) is 0 Å². The zero-order chi connectivity index (χ0) is 13.1. The van der Waals surface area contributed by atoms with Gasteiger partial charge in [0.05, 0.1) is 14.7 Å². The Balaban J connectivity index is 2.08. The third-order valence-electron chi connectivity index (χ3n) is 2.73. The van der Waals surface area contributed by atoms with Crippen LogP contribution in [0.5, 0.6) is 0 Å². The van der Waals surface area contributed by atoms with Crippen molar-refractivity contribution in [2.75, 3.05) is 0 Å². The lowest BCUT2D eigenvalue weighted by atomic mass is 10.1. The number of nitrogens with one attached hydrogen (secondary N) is 1. The molecule has 2 nitrogen and oxygen atoms in total. The number of hydrogen-bond acceptors (Lipinski definition) is 2. The molecule has 2 aromatic rings. The number of rotatable bonds is 3. The Hall–Kier alpha value is -1.13. The van der Waals surface area contributed by atoms with Crippen LogP contribution < -0.4 is 5.32 Å². The topological polar surface area (TPSA) is 29.1 Å². The standard InChI is InChI=1S/C14H14BrNOS/c1-9-8-12(18-13(9)15)14(17)16-10(2)11-6-4-3-5-7-11/h3-8,10H,1-2H3,(H,16,17). The molecular weight excluding hydrogens is 310 g/mol. The maximum absolute atomic E-state index is 12.1. The van der Waals surface area contributed by atoms with E-state index in [2.05, 4.69) is 21.2 Å². The monoisotopic (exact) mass is 323 g/mol. The average Bonchev–Trinajstić information content (AvgIpc) is 2.71. The van der Waals surface area contributed by atoms with Crippen LogP contribution in [-0.2, 0) is 0 Å². The fraction of sp³-hybridized carbons (Fsp3) is 0.214. The van der Waals surface area contributed by atoms with Gasteiger partial charge >= 0.3 is 0 Å². The maximum Gasteiger partial charge on any atom is 0.261 e. The number of thiophene rings is 1. The van der Waals surface area contributed by atoms with Gasteiger partial charge in [-0.3, -0.25) is 4.79 Å². The first-order valence-electron chi connectivity index (χ1n) is 5.69. The first kappa shape index (κ1) is 13.3. The van der Waals surface area contributed by atoms with Crippen LogP contribution in [-0.4, -0.2) is 5.91 Å². The van der Waals surface area contributed by atoms with E-state index in [-0.39, 0.29) is 11.9 Å². The van der Waals surface area contributed by atoms with Crippen LogP contribution in [0.4, 0.5) is 0 Å². The average molecular weight is 324 g/mol. The molecule has 0 spiro atoms. The van der Waals surface area contributed by atoms with Gasteiger partial charge in [0.1, 0.15) is 0 Å². The van der Waals surface area contributed by atoms with E-state index in [1.165, 1.54) is 11.3 Å². The molecule has 0 bridgehead atoms. The van der Waals surface area contributed by atoms with Crippen molar-refractivity contribution in [1.82, 2.24) is 5.32 Å². The van der Waals surface area contributed by atoms with E-state index in [9.17, 15) is 4.79 Å². The summed E-state index contributed by atoms with van der Waals surface area (Å²) in [6.07, 6.45) is 0. The molecule has 1 unspecified atom stereocenters. The van der Waals surface area contributed by atoms with Crippen LogP contribution in [0, 0.1) is 6.92 Å². The van der Waals surface area contributed by atoms with Crippen LogP contribution in [0.3, 0.4) is 0 Å². The minimum atomic E-state index is -0.0230. The molecule has 1 atom stereocenters. The van der Waals surface area contributed by atoms with Crippen molar-refractivity contribution in [2.24, 2.45) is 0 Å². The van der Waals surface area contributed by atoms with Gasteiger partial charge < -0.3 is 5.32 Å². The molecule has 4 heteroatoms. The summed E-state index contributed by atoms with van der Waals surface area (Å²) in [5.41, 5.74) is 2.20. The summed E-state index contributed by atoms with van der Waals surface area (Å²) in [5.74, 6) is -0.0230. The summed E-state index contributed by atoms with van der Waals surface area (Å²) < 4.78 is 1.01. The Morgan fingerprint density at radius 1 is 1.33 bits per heavy atom. The van der Waals surface area contributed by atoms with Gasteiger partial charge in [-0.2, -0.15) is 0 Å². The number of halogens is 1. The van der Waals surface area contributed by atoms with Gasteiger partial charge in [-0.25, -0.2) is 0 Å². The molecule has 1 N–H and O–H groups in total. The van der Waals surface area contributed by atoms with E-state index in [0.29, 0.717) is 0 Å². The lowest BCUT2D eigenvalue weighted by Gasteiger charge is -2.13. The predicted octanol–water partition coefficient (Wildman–Crippen LogP) is 4.31. The largest absolute Gasteiger partial charge is 0.345 e. The van der Waals surface area contributed by atoms with Crippen molar-refractivity contribution >= 4 is 33.2 Å². The van der Waals surface area contributed by atoms with Crippen LogP contribution in [0.15, 0.2) is 40.2 Å². The minimum absolute atomic E-state index is 0.0138. The predicted molar refractivity (Wildman–Crippen MR) is 79.1 cm³/mol. The summed E-state index contributed by atoms with van der Waals surface area (Å²) >= 11 is 4.90. The molecule has 0 saturated heterocycles. The van der Waals surface area contributed by atoms with Gasteiger partial charge in [-0.1, -0.05) is 30.3 Å². The fourth-order valence-corrected chi connectivity index (χ4v) is 3.10. The smallest absolute Gasteiger partial charge is 0.261 e. The number of benzene rings is 1. The Bertz CT molecular complexity index is 531. The second-order valence-corrected chi connectivity index (χ2v) is 6.54. The molecule has 18 heavy (non-hydrogen) atoms. The number of aryl methyl sites for hydroxylation is 1. The molecule has 94 valence electrons. The zero-order valence-corrected chi connectivity index (χ0v) is 12.6. The molecular formula is C14H14BrNOS.